The molecule has 0 aliphatic carbocycles. The van der Waals surface area contributed by atoms with E-state index < -0.39 is 11.9 Å². The predicted molar refractivity (Wildman–Crippen MR) is 123 cm³/mol. The highest BCUT2D eigenvalue weighted by molar-refractivity contribution is 6.09. The molecular formula is C24H17N5O4. The van der Waals surface area contributed by atoms with Crippen LogP contribution >= 0.6 is 0 Å². The number of para-hydroxylation sites is 2. The van der Waals surface area contributed by atoms with Gasteiger partial charge in [-0.3, -0.25) is 10.4 Å². The molecule has 0 aliphatic heterocycles. The van der Waals surface area contributed by atoms with Crippen LogP contribution in [0.15, 0.2) is 100 Å². The summed E-state index contributed by atoms with van der Waals surface area (Å²) in [6.45, 7) is 0. The number of azo groups is 1. The number of amidine groups is 1. The molecule has 4 aromatic rings. The van der Waals surface area contributed by atoms with E-state index in [0.29, 0.717) is 11.1 Å². The summed E-state index contributed by atoms with van der Waals surface area (Å²) in [6, 6.07) is 21.6. The fourth-order valence-corrected chi connectivity index (χ4v) is 3.15. The first-order valence-electron chi connectivity index (χ1n) is 9.79. The van der Waals surface area contributed by atoms with Gasteiger partial charge in [-0.25, -0.2) is 9.59 Å². The Balaban J connectivity index is 1.82. The van der Waals surface area contributed by atoms with Crippen molar-refractivity contribution in [3.8, 4) is 0 Å². The second-order valence-corrected chi connectivity index (χ2v) is 6.80. The molecule has 3 aromatic carbocycles. The number of benzene rings is 3. The number of aromatic carboxylic acids is 2. The maximum atomic E-state index is 11.5. The number of fused-ring (bicyclic) bond motifs is 1. The number of hydrogen-bond acceptors (Lipinski definition) is 6. The molecule has 0 fully saturated rings. The molecule has 0 saturated carbocycles. The Morgan fingerprint density at radius 2 is 1.42 bits per heavy atom. The van der Waals surface area contributed by atoms with Crippen molar-refractivity contribution in [1.29, 1.82) is 0 Å². The lowest BCUT2D eigenvalue weighted by atomic mass is 10.1. The van der Waals surface area contributed by atoms with Gasteiger partial charge in [-0.05, 0) is 36.4 Å². The second kappa shape index (κ2) is 9.48. The third-order valence-corrected chi connectivity index (χ3v) is 4.72. The molecule has 3 N–H and O–H groups in total. The van der Waals surface area contributed by atoms with E-state index in [1.165, 1.54) is 18.2 Å². The van der Waals surface area contributed by atoms with Crippen molar-refractivity contribution < 1.29 is 19.8 Å². The quantitative estimate of drug-likeness (QED) is 0.164. The first-order chi connectivity index (χ1) is 16.0. The number of carboxylic acids is 2. The molecule has 9 heteroatoms. The van der Waals surface area contributed by atoms with Gasteiger partial charge in [0, 0.05) is 17.1 Å². The van der Waals surface area contributed by atoms with E-state index in [4.69, 9.17) is 0 Å². The average Bonchev–Trinajstić information content (AvgIpc) is 2.84. The number of aromatic nitrogens is 1. The first-order valence-corrected chi connectivity index (χ1v) is 9.79. The Kier molecular flexibility index (Phi) is 6.12. The van der Waals surface area contributed by atoms with Gasteiger partial charge in [0.05, 0.1) is 22.3 Å². The van der Waals surface area contributed by atoms with Crippen molar-refractivity contribution in [2.75, 3.05) is 5.43 Å². The summed E-state index contributed by atoms with van der Waals surface area (Å²) in [7, 11) is 0. The minimum absolute atomic E-state index is 0.00984. The highest BCUT2D eigenvalue weighted by Gasteiger charge is 2.13. The molecule has 1 aromatic heterocycles. The van der Waals surface area contributed by atoms with Gasteiger partial charge >= 0.3 is 11.9 Å². The summed E-state index contributed by atoms with van der Waals surface area (Å²) in [5.74, 6) is -2.12. The van der Waals surface area contributed by atoms with Gasteiger partial charge in [0.25, 0.3) is 0 Å². The Labute approximate surface area is 187 Å². The van der Waals surface area contributed by atoms with Crippen LogP contribution in [-0.4, -0.2) is 33.0 Å². The molecule has 0 radical (unpaired) electrons. The largest absolute Gasteiger partial charge is 0.478 e. The molecule has 0 unspecified atom stereocenters. The fourth-order valence-electron chi connectivity index (χ4n) is 3.15. The molecule has 4 rings (SSSR count). The summed E-state index contributed by atoms with van der Waals surface area (Å²) in [4.78, 5) is 27.4. The molecule has 0 saturated heterocycles. The third kappa shape index (κ3) is 4.72. The zero-order valence-corrected chi connectivity index (χ0v) is 17.1. The molecule has 162 valence electrons. The van der Waals surface area contributed by atoms with Crippen LogP contribution in [0.5, 0.6) is 0 Å². The zero-order chi connectivity index (χ0) is 23.2. The Morgan fingerprint density at radius 1 is 0.758 bits per heavy atom. The molecule has 0 bridgehead atoms. The number of rotatable bonds is 6. The maximum absolute atomic E-state index is 11.5. The number of pyridine rings is 1. The van der Waals surface area contributed by atoms with Crippen molar-refractivity contribution >= 4 is 40.1 Å². The van der Waals surface area contributed by atoms with E-state index in [0.717, 1.165) is 5.39 Å². The summed E-state index contributed by atoms with van der Waals surface area (Å²) in [5.41, 5.74) is 4.48. The molecule has 0 spiro atoms. The Bertz CT molecular complexity index is 1410. The van der Waals surface area contributed by atoms with Crippen molar-refractivity contribution in [2.45, 2.75) is 0 Å². The molecule has 0 aliphatic rings. The van der Waals surface area contributed by atoms with Crippen LogP contribution in [-0.2, 0) is 0 Å². The normalized spacial score (nSPS) is 11.6. The standard InChI is InChI=1S/C24H17N5O4/c30-23(31)17-8-2-5-11-20(17)26-28-22(16-13-14-25-19-10-4-1-7-15(16)19)29-27-21-12-6-3-9-18(21)24(32)33/h1-14,26H,(H,30,31)(H,32,33)/b28-22-,29-27?. The maximum Gasteiger partial charge on any atom is 0.337 e. The van der Waals surface area contributed by atoms with E-state index in [9.17, 15) is 19.8 Å². The average molecular weight is 439 g/mol. The van der Waals surface area contributed by atoms with Crippen molar-refractivity contribution in [2.24, 2.45) is 15.3 Å². The molecule has 1 heterocycles. The number of nitrogens with one attached hydrogen (secondary N) is 1. The van der Waals surface area contributed by atoms with E-state index in [1.54, 1.807) is 42.6 Å². The molecule has 33 heavy (non-hydrogen) atoms. The predicted octanol–water partition coefficient (Wildman–Crippen LogP) is 5.19. The van der Waals surface area contributed by atoms with Crippen molar-refractivity contribution in [1.82, 2.24) is 4.98 Å². The van der Waals surface area contributed by atoms with Gasteiger partial charge in [0.2, 0.25) is 5.84 Å². The first kappa shape index (κ1) is 21.3. The summed E-state index contributed by atoms with van der Waals surface area (Å²) >= 11 is 0. The molecular weight excluding hydrogens is 422 g/mol. The van der Waals surface area contributed by atoms with Gasteiger partial charge in [-0.15, -0.1) is 10.2 Å². The molecule has 0 amide bonds. The molecule has 0 atom stereocenters. The van der Waals surface area contributed by atoms with Gasteiger partial charge in [0.15, 0.2) is 0 Å². The molecule has 9 nitrogen and oxygen atoms in total. The highest BCUT2D eigenvalue weighted by atomic mass is 16.4. The van der Waals surface area contributed by atoms with Gasteiger partial charge in [0.1, 0.15) is 5.69 Å². The number of nitrogens with zero attached hydrogens (tertiary/aromatic N) is 4. The van der Waals surface area contributed by atoms with Crippen molar-refractivity contribution in [3.63, 3.8) is 0 Å². The van der Waals surface area contributed by atoms with Crippen LogP contribution in [0.3, 0.4) is 0 Å². The number of hydrogen-bond donors (Lipinski definition) is 3. The summed E-state index contributed by atoms with van der Waals surface area (Å²) in [5, 5.41) is 32.2. The van der Waals surface area contributed by atoms with E-state index in [1.807, 2.05) is 24.3 Å². The van der Waals surface area contributed by atoms with Crippen molar-refractivity contribution in [3.05, 3.63) is 102 Å². The summed E-state index contributed by atoms with van der Waals surface area (Å²) < 4.78 is 0. The monoisotopic (exact) mass is 439 g/mol. The third-order valence-electron chi connectivity index (χ3n) is 4.72. The second-order valence-electron chi connectivity index (χ2n) is 6.80. The SMILES string of the molecule is O=C(O)c1ccccc1N=N/C(=N\Nc1ccccc1C(=O)O)c1ccnc2ccccc12. The Hall–Kier alpha value is -4.92. The lowest BCUT2D eigenvalue weighted by Crippen LogP contribution is -2.06. The number of carboxylic acid groups (broad SMARTS) is 2. The number of anilines is 1. The number of hydrazone groups is 1. The Morgan fingerprint density at radius 3 is 2.21 bits per heavy atom. The van der Waals surface area contributed by atoms with Crippen LogP contribution in [0.2, 0.25) is 0 Å². The zero-order valence-electron chi connectivity index (χ0n) is 17.1. The van der Waals surface area contributed by atoms with Crippen LogP contribution < -0.4 is 5.43 Å². The van der Waals surface area contributed by atoms with Crippen LogP contribution in [0, 0.1) is 0 Å². The summed E-state index contributed by atoms with van der Waals surface area (Å²) in [6.07, 6.45) is 1.60. The number of carbonyl (C=O) groups is 2. The van der Waals surface area contributed by atoms with Gasteiger partial charge < -0.3 is 10.2 Å². The van der Waals surface area contributed by atoms with Crippen LogP contribution in [0.4, 0.5) is 11.4 Å². The van der Waals surface area contributed by atoms with E-state index in [2.05, 4.69) is 25.7 Å². The topological polar surface area (TPSA) is 137 Å². The van der Waals surface area contributed by atoms with Crippen LogP contribution in [0.25, 0.3) is 10.9 Å². The minimum Gasteiger partial charge on any atom is -0.478 e. The smallest absolute Gasteiger partial charge is 0.337 e. The highest BCUT2D eigenvalue weighted by Crippen LogP contribution is 2.23. The van der Waals surface area contributed by atoms with Gasteiger partial charge in [-0.1, -0.05) is 42.5 Å². The lowest BCUT2D eigenvalue weighted by Gasteiger charge is -2.08. The van der Waals surface area contributed by atoms with E-state index >= 15 is 0 Å². The fraction of sp³-hybridized carbons (Fsp3) is 0. The van der Waals surface area contributed by atoms with E-state index in [-0.39, 0.29) is 28.3 Å². The lowest BCUT2D eigenvalue weighted by molar-refractivity contribution is 0.0687. The minimum atomic E-state index is -1.13. The van der Waals surface area contributed by atoms with Gasteiger partial charge in [-0.2, -0.15) is 5.10 Å². The van der Waals surface area contributed by atoms with Crippen LogP contribution in [0.1, 0.15) is 26.3 Å².